The van der Waals surface area contributed by atoms with Crippen LogP contribution < -0.4 is 0 Å². The lowest BCUT2D eigenvalue weighted by atomic mass is 10.2. The standard InChI is InChI=1S/C9H20O2S/c1-3-11-5-4-6-12-8-9(2)7-10/h9-10H,3-8H2,1-2H3. The minimum atomic E-state index is 0.304. The third-order valence-corrected chi connectivity index (χ3v) is 2.88. The SMILES string of the molecule is CCOCCCSCC(C)CO. The zero-order chi connectivity index (χ0) is 9.23. The van der Waals surface area contributed by atoms with Gasteiger partial charge in [0.25, 0.3) is 0 Å². The Balaban J connectivity index is 2.90. The number of aliphatic hydroxyl groups is 1. The maximum absolute atomic E-state index is 8.74. The van der Waals surface area contributed by atoms with Gasteiger partial charge in [-0.3, -0.25) is 0 Å². The van der Waals surface area contributed by atoms with Gasteiger partial charge in [-0.15, -0.1) is 0 Å². The highest BCUT2D eigenvalue weighted by molar-refractivity contribution is 7.99. The highest BCUT2D eigenvalue weighted by atomic mass is 32.2. The molecule has 0 amide bonds. The van der Waals surface area contributed by atoms with Crippen molar-refractivity contribution in [1.29, 1.82) is 0 Å². The van der Waals surface area contributed by atoms with E-state index in [1.165, 1.54) is 0 Å². The Labute approximate surface area is 79.7 Å². The van der Waals surface area contributed by atoms with Gasteiger partial charge in [0.2, 0.25) is 0 Å². The number of ether oxygens (including phenoxy) is 1. The van der Waals surface area contributed by atoms with Gasteiger partial charge in [0.15, 0.2) is 0 Å². The molecular weight excluding hydrogens is 172 g/mol. The first kappa shape index (κ1) is 12.3. The number of hydrogen-bond donors (Lipinski definition) is 1. The first-order valence-corrected chi connectivity index (χ1v) is 5.73. The van der Waals surface area contributed by atoms with E-state index in [0.29, 0.717) is 12.5 Å². The molecule has 0 fully saturated rings. The van der Waals surface area contributed by atoms with Crippen molar-refractivity contribution in [3.63, 3.8) is 0 Å². The summed E-state index contributed by atoms with van der Waals surface area (Å²) < 4.78 is 5.20. The molecule has 0 aromatic heterocycles. The predicted octanol–water partition coefficient (Wildman–Crippen LogP) is 1.77. The minimum absolute atomic E-state index is 0.304. The molecule has 74 valence electrons. The van der Waals surface area contributed by atoms with Gasteiger partial charge in [0.1, 0.15) is 0 Å². The van der Waals surface area contributed by atoms with Gasteiger partial charge in [0, 0.05) is 19.8 Å². The molecule has 0 aliphatic heterocycles. The van der Waals surface area contributed by atoms with E-state index < -0.39 is 0 Å². The van der Waals surface area contributed by atoms with Crippen LogP contribution in [0.4, 0.5) is 0 Å². The monoisotopic (exact) mass is 192 g/mol. The smallest absolute Gasteiger partial charge is 0.0473 e. The molecule has 0 rings (SSSR count). The highest BCUT2D eigenvalue weighted by Gasteiger charge is 1.98. The van der Waals surface area contributed by atoms with Crippen LogP contribution in [0.25, 0.3) is 0 Å². The van der Waals surface area contributed by atoms with Gasteiger partial charge < -0.3 is 9.84 Å². The molecule has 2 nitrogen and oxygen atoms in total. The van der Waals surface area contributed by atoms with E-state index in [0.717, 1.165) is 31.1 Å². The molecule has 0 aromatic rings. The maximum Gasteiger partial charge on any atom is 0.0473 e. The Morgan fingerprint density at radius 1 is 1.50 bits per heavy atom. The quantitative estimate of drug-likeness (QED) is 0.594. The summed E-state index contributed by atoms with van der Waals surface area (Å²) in [5, 5.41) is 8.74. The Kier molecular flexibility index (Phi) is 9.57. The summed E-state index contributed by atoms with van der Waals surface area (Å²) in [5.74, 6) is 2.63. The lowest BCUT2D eigenvalue weighted by Gasteiger charge is -2.06. The first-order chi connectivity index (χ1) is 5.81. The van der Waals surface area contributed by atoms with E-state index in [2.05, 4.69) is 6.92 Å². The van der Waals surface area contributed by atoms with Crippen molar-refractivity contribution in [2.45, 2.75) is 20.3 Å². The summed E-state index contributed by atoms with van der Waals surface area (Å²) in [6, 6.07) is 0. The summed E-state index contributed by atoms with van der Waals surface area (Å²) in [5.41, 5.74) is 0. The molecule has 0 heterocycles. The van der Waals surface area contributed by atoms with Crippen molar-refractivity contribution >= 4 is 11.8 Å². The Morgan fingerprint density at radius 2 is 2.25 bits per heavy atom. The van der Waals surface area contributed by atoms with Crippen LogP contribution in [-0.2, 0) is 4.74 Å². The summed E-state index contributed by atoms with van der Waals surface area (Å²) >= 11 is 1.90. The molecule has 0 aliphatic rings. The topological polar surface area (TPSA) is 29.5 Å². The summed E-state index contributed by atoms with van der Waals surface area (Å²) in [6.45, 7) is 6.07. The second-order valence-electron chi connectivity index (χ2n) is 2.91. The summed E-state index contributed by atoms with van der Waals surface area (Å²) in [4.78, 5) is 0. The fourth-order valence-electron chi connectivity index (χ4n) is 0.745. The molecule has 1 N–H and O–H groups in total. The third kappa shape index (κ3) is 8.37. The molecule has 0 aliphatic carbocycles. The number of hydrogen-bond acceptors (Lipinski definition) is 3. The van der Waals surface area contributed by atoms with Crippen LogP contribution in [-0.4, -0.2) is 36.4 Å². The molecule has 0 saturated carbocycles. The Bertz CT molecular complexity index is 88.6. The van der Waals surface area contributed by atoms with Crippen LogP contribution >= 0.6 is 11.8 Å². The average molecular weight is 192 g/mol. The third-order valence-electron chi connectivity index (χ3n) is 1.50. The zero-order valence-electron chi connectivity index (χ0n) is 8.08. The second kappa shape index (κ2) is 9.36. The molecule has 0 aromatic carbocycles. The molecule has 12 heavy (non-hydrogen) atoms. The van der Waals surface area contributed by atoms with Crippen molar-refractivity contribution < 1.29 is 9.84 Å². The number of thioether (sulfide) groups is 1. The molecule has 1 atom stereocenters. The molecule has 0 bridgehead atoms. The predicted molar refractivity (Wildman–Crippen MR) is 54.7 cm³/mol. The van der Waals surface area contributed by atoms with Crippen LogP contribution in [0, 0.1) is 5.92 Å². The average Bonchev–Trinajstić information content (AvgIpc) is 2.10. The second-order valence-corrected chi connectivity index (χ2v) is 4.06. The van der Waals surface area contributed by atoms with E-state index in [1.807, 2.05) is 18.7 Å². The van der Waals surface area contributed by atoms with Crippen molar-refractivity contribution in [1.82, 2.24) is 0 Å². The number of rotatable bonds is 8. The van der Waals surface area contributed by atoms with Crippen LogP contribution in [0.2, 0.25) is 0 Å². The van der Waals surface area contributed by atoms with Gasteiger partial charge in [0.05, 0.1) is 0 Å². The number of aliphatic hydroxyl groups excluding tert-OH is 1. The normalized spacial score (nSPS) is 13.2. The van der Waals surface area contributed by atoms with Crippen molar-refractivity contribution in [3.05, 3.63) is 0 Å². The van der Waals surface area contributed by atoms with Crippen LogP contribution in [0.15, 0.2) is 0 Å². The van der Waals surface area contributed by atoms with Crippen molar-refractivity contribution in [2.75, 3.05) is 31.3 Å². The van der Waals surface area contributed by atoms with Gasteiger partial charge in [-0.2, -0.15) is 11.8 Å². The summed E-state index contributed by atoms with van der Waals surface area (Å²) in [6.07, 6.45) is 1.12. The first-order valence-electron chi connectivity index (χ1n) is 4.57. The molecular formula is C9H20O2S. The lowest BCUT2D eigenvalue weighted by Crippen LogP contribution is -2.04. The van der Waals surface area contributed by atoms with Crippen LogP contribution in [0.3, 0.4) is 0 Å². The van der Waals surface area contributed by atoms with E-state index in [-0.39, 0.29) is 0 Å². The molecule has 1 unspecified atom stereocenters. The van der Waals surface area contributed by atoms with Gasteiger partial charge in [-0.1, -0.05) is 6.92 Å². The van der Waals surface area contributed by atoms with Crippen LogP contribution in [0.1, 0.15) is 20.3 Å². The fraction of sp³-hybridized carbons (Fsp3) is 1.00. The zero-order valence-corrected chi connectivity index (χ0v) is 8.90. The molecule has 0 saturated heterocycles. The molecule has 0 radical (unpaired) electrons. The fourth-order valence-corrected chi connectivity index (χ4v) is 1.74. The van der Waals surface area contributed by atoms with Crippen molar-refractivity contribution in [3.8, 4) is 0 Å². The van der Waals surface area contributed by atoms with Gasteiger partial charge in [-0.05, 0) is 30.8 Å². The van der Waals surface area contributed by atoms with Gasteiger partial charge in [-0.25, -0.2) is 0 Å². The lowest BCUT2D eigenvalue weighted by molar-refractivity contribution is 0.149. The van der Waals surface area contributed by atoms with E-state index in [1.54, 1.807) is 0 Å². The summed E-state index contributed by atoms with van der Waals surface area (Å²) in [7, 11) is 0. The van der Waals surface area contributed by atoms with Gasteiger partial charge >= 0.3 is 0 Å². The minimum Gasteiger partial charge on any atom is -0.396 e. The van der Waals surface area contributed by atoms with Crippen molar-refractivity contribution in [2.24, 2.45) is 5.92 Å². The molecule has 0 spiro atoms. The van der Waals surface area contributed by atoms with E-state index in [4.69, 9.17) is 9.84 Å². The largest absolute Gasteiger partial charge is 0.396 e. The Morgan fingerprint density at radius 3 is 2.83 bits per heavy atom. The maximum atomic E-state index is 8.74. The van der Waals surface area contributed by atoms with Crippen LogP contribution in [0.5, 0.6) is 0 Å². The Hall–Kier alpha value is 0.270. The molecule has 3 heteroatoms. The van der Waals surface area contributed by atoms with E-state index >= 15 is 0 Å². The highest BCUT2D eigenvalue weighted by Crippen LogP contribution is 2.08. The van der Waals surface area contributed by atoms with E-state index in [9.17, 15) is 0 Å².